The molecule has 0 bridgehead atoms. The van der Waals surface area contributed by atoms with Crippen molar-refractivity contribution in [2.45, 2.75) is 19.4 Å². The van der Waals surface area contributed by atoms with Crippen LogP contribution in [0.15, 0.2) is 18.2 Å². The summed E-state index contributed by atoms with van der Waals surface area (Å²) in [6, 6.07) is 5.35. The highest BCUT2D eigenvalue weighted by Gasteiger charge is 2.21. The molecule has 0 unspecified atom stereocenters. The van der Waals surface area contributed by atoms with Crippen LogP contribution >= 0.6 is 11.6 Å². The molecule has 0 spiro atoms. The minimum atomic E-state index is 0.542. The highest BCUT2D eigenvalue weighted by molar-refractivity contribution is 6.33. The number of nitrogen functional groups attached to an aromatic ring is 1. The summed E-state index contributed by atoms with van der Waals surface area (Å²) in [5.74, 6) is 1.32. The second-order valence-corrected chi connectivity index (χ2v) is 5.36. The Kier molecular flexibility index (Phi) is 3.84. The number of tetrazole rings is 1. The van der Waals surface area contributed by atoms with Crippen molar-refractivity contribution in [2.75, 3.05) is 18.9 Å². The van der Waals surface area contributed by atoms with Crippen LogP contribution in [-0.2, 0) is 11.3 Å². The van der Waals surface area contributed by atoms with Gasteiger partial charge < -0.3 is 10.5 Å². The second kappa shape index (κ2) is 5.76. The first kappa shape index (κ1) is 13.3. The third-order valence-electron chi connectivity index (χ3n) is 3.30. The average Bonchev–Trinajstić information content (AvgIpc) is 3.14. The van der Waals surface area contributed by atoms with Crippen molar-refractivity contribution in [1.29, 1.82) is 0 Å². The molecule has 3 rings (SSSR count). The molecule has 0 amide bonds. The van der Waals surface area contributed by atoms with Crippen molar-refractivity contribution in [3.05, 3.63) is 23.2 Å². The normalized spacial score (nSPS) is 14.7. The summed E-state index contributed by atoms with van der Waals surface area (Å²) in [7, 11) is 0. The molecule has 1 saturated carbocycles. The van der Waals surface area contributed by atoms with Crippen molar-refractivity contribution in [3.8, 4) is 11.4 Å². The fourth-order valence-corrected chi connectivity index (χ4v) is 2.26. The number of hydrogen-bond donors (Lipinski definition) is 1. The molecular formula is C13H16ClN5O. The Bertz CT molecular complexity index is 576. The van der Waals surface area contributed by atoms with Gasteiger partial charge in [0.25, 0.3) is 0 Å². The maximum Gasteiger partial charge on any atom is 0.185 e. The fourth-order valence-electron chi connectivity index (χ4n) is 2.00. The third-order valence-corrected chi connectivity index (χ3v) is 3.61. The lowest BCUT2D eigenvalue weighted by Crippen LogP contribution is -2.11. The lowest BCUT2D eigenvalue weighted by molar-refractivity contribution is 0.114. The number of rotatable bonds is 6. The van der Waals surface area contributed by atoms with Gasteiger partial charge >= 0.3 is 0 Å². The van der Waals surface area contributed by atoms with E-state index in [1.807, 2.05) is 0 Å². The van der Waals surface area contributed by atoms with Crippen LogP contribution in [0.4, 0.5) is 5.69 Å². The van der Waals surface area contributed by atoms with Gasteiger partial charge in [-0.2, -0.15) is 0 Å². The molecule has 1 aromatic heterocycles. The van der Waals surface area contributed by atoms with Crippen molar-refractivity contribution in [1.82, 2.24) is 20.2 Å². The van der Waals surface area contributed by atoms with Crippen LogP contribution in [0.5, 0.6) is 0 Å². The van der Waals surface area contributed by atoms with E-state index in [1.165, 1.54) is 12.8 Å². The van der Waals surface area contributed by atoms with Crippen LogP contribution in [0.3, 0.4) is 0 Å². The molecule has 1 heterocycles. The molecule has 106 valence electrons. The van der Waals surface area contributed by atoms with Crippen LogP contribution < -0.4 is 5.73 Å². The highest BCUT2D eigenvalue weighted by Crippen LogP contribution is 2.31. The van der Waals surface area contributed by atoms with Gasteiger partial charge in [0, 0.05) is 12.3 Å². The van der Waals surface area contributed by atoms with Crippen molar-refractivity contribution in [2.24, 2.45) is 5.92 Å². The van der Waals surface area contributed by atoms with E-state index in [-0.39, 0.29) is 0 Å². The van der Waals surface area contributed by atoms with E-state index in [9.17, 15) is 0 Å². The Morgan fingerprint density at radius 1 is 1.40 bits per heavy atom. The third kappa shape index (κ3) is 2.91. The molecule has 0 atom stereocenters. The summed E-state index contributed by atoms with van der Waals surface area (Å²) >= 11 is 6.18. The van der Waals surface area contributed by atoms with Gasteiger partial charge in [-0.25, -0.2) is 4.68 Å². The smallest absolute Gasteiger partial charge is 0.185 e. The van der Waals surface area contributed by atoms with E-state index in [0.29, 0.717) is 35.2 Å². The fraction of sp³-hybridized carbons (Fsp3) is 0.462. The quantitative estimate of drug-likeness (QED) is 0.651. The summed E-state index contributed by atoms with van der Waals surface area (Å²) in [5, 5.41) is 12.2. The number of halogens is 1. The Morgan fingerprint density at radius 3 is 3.00 bits per heavy atom. The zero-order valence-electron chi connectivity index (χ0n) is 11.0. The van der Waals surface area contributed by atoms with Gasteiger partial charge in [0.2, 0.25) is 0 Å². The van der Waals surface area contributed by atoms with Gasteiger partial charge in [-0.1, -0.05) is 17.7 Å². The largest absolute Gasteiger partial charge is 0.398 e. The number of benzene rings is 1. The summed E-state index contributed by atoms with van der Waals surface area (Å²) < 4.78 is 7.27. The van der Waals surface area contributed by atoms with Crippen molar-refractivity contribution in [3.63, 3.8) is 0 Å². The van der Waals surface area contributed by atoms with Crippen LogP contribution in [-0.4, -0.2) is 33.4 Å². The first-order valence-corrected chi connectivity index (χ1v) is 7.02. The second-order valence-electron chi connectivity index (χ2n) is 4.95. The van der Waals surface area contributed by atoms with Crippen LogP contribution in [0.1, 0.15) is 12.8 Å². The summed E-state index contributed by atoms with van der Waals surface area (Å²) in [4.78, 5) is 0. The zero-order chi connectivity index (χ0) is 13.9. The topological polar surface area (TPSA) is 78.9 Å². The van der Waals surface area contributed by atoms with Crippen LogP contribution in [0.2, 0.25) is 5.02 Å². The number of hydrogen-bond acceptors (Lipinski definition) is 5. The molecule has 0 aliphatic heterocycles. The molecule has 1 aromatic carbocycles. The Balaban J connectivity index is 1.72. The predicted molar refractivity (Wildman–Crippen MR) is 76.2 cm³/mol. The molecule has 2 aromatic rings. The number of ether oxygens (including phenoxy) is 1. The predicted octanol–water partition coefficient (Wildman–Crippen LogP) is 2.00. The molecule has 1 aliphatic rings. The SMILES string of the molecule is Nc1cccc(Cl)c1-c1nnnn1CCOCC1CC1. The molecule has 1 aliphatic carbocycles. The molecule has 0 radical (unpaired) electrons. The Hall–Kier alpha value is -1.66. The number of anilines is 1. The number of nitrogens with two attached hydrogens (primary N) is 1. The van der Waals surface area contributed by atoms with Crippen molar-refractivity contribution < 1.29 is 4.74 Å². The molecular weight excluding hydrogens is 278 g/mol. The van der Waals surface area contributed by atoms with E-state index >= 15 is 0 Å². The summed E-state index contributed by atoms with van der Waals surface area (Å²) in [5.41, 5.74) is 7.19. The standard InChI is InChI=1S/C13H16ClN5O/c14-10-2-1-3-11(15)12(10)13-16-17-18-19(13)6-7-20-8-9-4-5-9/h1-3,9H,4-8,15H2. The monoisotopic (exact) mass is 293 g/mol. The molecule has 7 heteroatoms. The first-order chi connectivity index (χ1) is 9.75. The maximum absolute atomic E-state index is 6.18. The van der Waals surface area contributed by atoms with E-state index < -0.39 is 0 Å². The van der Waals surface area contributed by atoms with E-state index in [4.69, 9.17) is 22.1 Å². The van der Waals surface area contributed by atoms with E-state index in [1.54, 1.807) is 22.9 Å². The molecule has 1 fully saturated rings. The summed E-state index contributed by atoms with van der Waals surface area (Å²) in [6.45, 7) is 1.99. The van der Waals surface area contributed by atoms with Gasteiger partial charge in [0.05, 0.1) is 23.7 Å². The minimum Gasteiger partial charge on any atom is -0.398 e. The van der Waals surface area contributed by atoms with Gasteiger partial charge in [0.15, 0.2) is 5.82 Å². The van der Waals surface area contributed by atoms with Crippen LogP contribution in [0.25, 0.3) is 11.4 Å². The van der Waals surface area contributed by atoms with Crippen molar-refractivity contribution >= 4 is 17.3 Å². The lowest BCUT2D eigenvalue weighted by atomic mass is 10.1. The Labute approximate surface area is 121 Å². The lowest BCUT2D eigenvalue weighted by Gasteiger charge is -2.08. The van der Waals surface area contributed by atoms with Gasteiger partial charge in [-0.05, 0) is 41.3 Å². The minimum absolute atomic E-state index is 0.542. The van der Waals surface area contributed by atoms with Gasteiger partial charge in [-0.3, -0.25) is 0 Å². The molecule has 2 N–H and O–H groups in total. The highest BCUT2D eigenvalue weighted by atomic mass is 35.5. The molecule has 20 heavy (non-hydrogen) atoms. The van der Waals surface area contributed by atoms with E-state index in [0.717, 1.165) is 12.5 Å². The Morgan fingerprint density at radius 2 is 2.25 bits per heavy atom. The number of aromatic nitrogens is 4. The van der Waals surface area contributed by atoms with Gasteiger partial charge in [0.1, 0.15) is 0 Å². The van der Waals surface area contributed by atoms with Crippen LogP contribution in [0, 0.1) is 5.92 Å². The first-order valence-electron chi connectivity index (χ1n) is 6.64. The maximum atomic E-state index is 6.18. The average molecular weight is 294 g/mol. The molecule has 0 saturated heterocycles. The van der Waals surface area contributed by atoms with E-state index in [2.05, 4.69) is 15.5 Å². The van der Waals surface area contributed by atoms with Gasteiger partial charge in [-0.15, -0.1) is 5.10 Å². The zero-order valence-corrected chi connectivity index (χ0v) is 11.8. The molecule has 6 nitrogen and oxygen atoms in total. The number of nitrogens with zero attached hydrogens (tertiary/aromatic N) is 4. The summed E-state index contributed by atoms with van der Waals surface area (Å²) in [6.07, 6.45) is 2.57.